The van der Waals surface area contributed by atoms with E-state index < -0.39 is 6.04 Å². The number of amides is 2. The van der Waals surface area contributed by atoms with Gasteiger partial charge in [-0.25, -0.2) is 4.68 Å². The number of aryl methyl sites for hydroxylation is 1. The van der Waals surface area contributed by atoms with Crippen molar-refractivity contribution in [1.82, 2.24) is 30.4 Å². The van der Waals surface area contributed by atoms with Crippen LogP contribution >= 0.6 is 0 Å². The lowest BCUT2D eigenvalue weighted by molar-refractivity contribution is -0.135. The maximum atomic E-state index is 12.6. The van der Waals surface area contributed by atoms with Crippen LogP contribution in [0.1, 0.15) is 18.1 Å². The molecule has 0 fully saturated rings. The van der Waals surface area contributed by atoms with Gasteiger partial charge >= 0.3 is 0 Å². The molecule has 8 heteroatoms. The number of rotatable bonds is 5. The topological polar surface area (TPSA) is 93.0 Å². The fraction of sp³-hybridized carbons (Fsp3) is 0.353. The maximum absolute atomic E-state index is 12.6. The minimum absolute atomic E-state index is 0.0165. The van der Waals surface area contributed by atoms with Gasteiger partial charge < -0.3 is 10.2 Å². The Balaban J connectivity index is 1.55. The van der Waals surface area contributed by atoms with Gasteiger partial charge in [-0.3, -0.25) is 9.59 Å². The van der Waals surface area contributed by atoms with Crippen molar-refractivity contribution in [2.75, 3.05) is 13.1 Å². The second kappa shape index (κ2) is 7.25. The summed E-state index contributed by atoms with van der Waals surface area (Å²) in [6.07, 6.45) is 3.42. The molecule has 2 aromatic rings. The minimum atomic E-state index is -0.603. The molecule has 2 heterocycles. The van der Waals surface area contributed by atoms with E-state index in [1.807, 2.05) is 12.1 Å². The van der Waals surface area contributed by atoms with Gasteiger partial charge in [0.1, 0.15) is 18.9 Å². The molecule has 0 saturated carbocycles. The highest BCUT2D eigenvalue weighted by molar-refractivity contribution is 5.89. The first kappa shape index (κ1) is 16.8. The van der Waals surface area contributed by atoms with Gasteiger partial charge in [0, 0.05) is 13.1 Å². The van der Waals surface area contributed by atoms with Gasteiger partial charge in [0.15, 0.2) is 0 Å². The maximum Gasteiger partial charge on any atom is 0.245 e. The Bertz CT molecular complexity index is 799. The van der Waals surface area contributed by atoms with Crippen molar-refractivity contribution in [1.29, 1.82) is 0 Å². The summed E-state index contributed by atoms with van der Waals surface area (Å²) >= 11 is 0. The number of benzene rings is 1. The van der Waals surface area contributed by atoms with Crippen LogP contribution < -0.4 is 5.32 Å². The van der Waals surface area contributed by atoms with Crippen molar-refractivity contribution in [2.45, 2.75) is 26.4 Å². The molecule has 25 heavy (non-hydrogen) atoms. The number of hydrogen-bond acceptors (Lipinski definition) is 5. The summed E-state index contributed by atoms with van der Waals surface area (Å²) in [5.41, 5.74) is 3.48. The van der Waals surface area contributed by atoms with E-state index in [0.717, 1.165) is 11.1 Å². The van der Waals surface area contributed by atoms with Gasteiger partial charge in [0.05, 0.1) is 0 Å². The van der Waals surface area contributed by atoms with Crippen LogP contribution in [-0.4, -0.2) is 56.1 Å². The molecule has 2 amide bonds. The van der Waals surface area contributed by atoms with Crippen LogP contribution in [0.2, 0.25) is 0 Å². The molecule has 0 radical (unpaired) electrons. The minimum Gasteiger partial charge on any atom is -0.343 e. The molecule has 3 rings (SSSR count). The smallest absolute Gasteiger partial charge is 0.245 e. The highest BCUT2D eigenvalue weighted by atomic mass is 16.2. The number of hydrogen-bond donors (Lipinski definition) is 1. The predicted molar refractivity (Wildman–Crippen MR) is 91.2 cm³/mol. The molecule has 1 N–H and O–H groups in total. The summed E-state index contributed by atoms with van der Waals surface area (Å²) in [5, 5.41) is 13.3. The highest BCUT2D eigenvalue weighted by Crippen LogP contribution is 2.24. The molecule has 1 aliphatic rings. The van der Waals surface area contributed by atoms with Crippen molar-refractivity contribution in [3.63, 3.8) is 0 Å². The molecule has 1 aliphatic heterocycles. The largest absolute Gasteiger partial charge is 0.343 e. The third kappa shape index (κ3) is 3.90. The molecular weight excluding hydrogens is 320 g/mol. The van der Waals surface area contributed by atoms with Crippen molar-refractivity contribution >= 4 is 17.4 Å². The SMILES string of the molecule is Cc1ccccc1C1=CCN(C(=O)[C@H](C)NC(=O)Cn2cnnn2)C1. The Morgan fingerprint density at radius 3 is 2.84 bits per heavy atom. The van der Waals surface area contributed by atoms with Gasteiger partial charge in [0.2, 0.25) is 11.8 Å². The first-order chi connectivity index (χ1) is 12.0. The first-order valence-electron chi connectivity index (χ1n) is 8.08. The number of aromatic nitrogens is 4. The normalized spacial score (nSPS) is 15.0. The van der Waals surface area contributed by atoms with E-state index in [2.05, 4.69) is 46.0 Å². The van der Waals surface area contributed by atoms with Crippen LogP contribution in [0.3, 0.4) is 0 Å². The van der Waals surface area contributed by atoms with Crippen molar-refractivity contribution in [2.24, 2.45) is 0 Å². The zero-order valence-corrected chi connectivity index (χ0v) is 14.2. The Morgan fingerprint density at radius 1 is 1.32 bits per heavy atom. The van der Waals surface area contributed by atoms with Crippen LogP contribution in [-0.2, 0) is 16.1 Å². The Hall–Kier alpha value is -3.03. The molecule has 1 aromatic heterocycles. The van der Waals surface area contributed by atoms with E-state index in [4.69, 9.17) is 0 Å². The summed E-state index contributed by atoms with van der Waals surface area (Å²) in [6.45, 7) is 4.83. The summed E-state index contributed by atoms with van der Waals surface area (Å²) in [5.74, 6) is -0.413. The third-order valence-electron chi connectivity index (χ3n) is 4.17. The van der Waals surface area contributed by atoms with Gasteiger partial charge in [0.25, 0.3) is 0 Å². The first-order valence-corrected chi connectivity index (χ1v) is 8.08. The number of carbonyl (C=O) groups excluding carboxylic acids is 2. The Morgan fingerprint density at radius 2 is 2.12 bits per heavy atom. The van der Waals surface area contributed by atoms with E-state index in [-0.39, 0.29) is 18.4 Å². The second-order valence-corrected chi connectivity index (χ2v) is 6.06. The van der Waals surface area contributed by atoms with Gasteiger partial charge in [-0.1, -0.05) is 30.3 Å². The fourth-order valence-corrected chi connectivity index (χ4v) is 2.87. The van der Waals surface area contributed by atoms with Crippen LogP contribution in [0.25, 0.3) is 5.57 Å². The Kier molecular flexibility index (Phi) is 4.87. The van der Waals surface area contributed by atoms with Crippen molar-refractivity contribution in [3.8, 4) is 0 Å². The standard InChI is InChI=1S/C17H20N6O2/c1-12-5-3-4-6-15(12)14-7-8-22(9-14)17(25)13(2)19-16(24)10-23-11-18-20-21-23/h3-7,11,13H,8-10H2,1-2H3,(H,19,24)/t13-/m0/s1. The predicted octanol–water partition coefficient (Wildman–Crippen LogP) is 0.412. The second-order valence-electron chi connectivity index (χ2n) is 6.06. The molecule has 0 spiro atoms. The van der Waals surface area contributed by atoms with Crippen LogP contribution in [0.15, 0.2) is 36.7 Å². The van der Waals surface area contributed by atoms with Gasteiger partial charge in [-0.05, 0) is 41.0 Å². The van der Waals surface area contributed by atoms with E-state index >= 15 is 0 Å². The zero-order valence-electron chi connectivity index (χ0n) is 14.2. The van der Waals surface area contributed by atoms with Crippen molar-refractivity contribution < 1.29 is 9.59 Å². The third-order valence-corrected chi connectivity index (χ3v) is 4.17. The molecule has 8 nitrogen and oxygen atoms in total. The van der Waals surface area contributed by atoms with Crippen LogP contribution in [0.5, 0.6) is 0 Å². The molecule has 130 valence electrons. The molecule has 0 unspecified atom stereocenters. The summed E-state index contributed by atoms with van der Waals surface area (Å²) < 4.78 is 1.31. The molecule has 1 atom stereocenters. The lowest BCUT2D eigenvalue weighted by Gasteiger charge is -2.22. The summed E-state index contributed by atoms with van der Waals surface area (Å²) in [7, 11) is 0. The van der Waals surface area contributed by atoms with E-state index in [1.54, 1.807) is 11.8 Å². The number of nitrogens with one attached hydrogen (secondary N) is 1. The monoisotopic (exact) mass is 340 g/mol. The van der Waals surface area contributed by atoms with Crippen molar-refractivity contribution in [3.05, 3.63) is 47.8 Å². The lowest BCUT2D eigenvalue weighted by Crippen LogP contribution is -2.47. The zero-order chi connectivity index (χ0) is 17.8. The molecule has 0 aliphatic carbocycles. The van der Waals surface area contributed by atoms with Crippen LogP contribution in [0, 0.1) is 6.92 Å². The summed E-state index contributed by atoms with van der Waals surface area (Å²) in [6, 6.07) is 7.51. The highest BCUT2D eigenvalue weighted by Gasteiger charge is 2.26. The van der Waals surface area contributed by atoms with Gasteiger partial charge in [-0.2, -0.15) is 0 Å². The number of nitrogens with zero attached hydrogens (tertiary/aromatic N) is 5. The van der Waals surface area contributed by atoms with E-state index in [9.17, 15) is 9.59 Å². The molecule has 0 bridgehead atoms. The quantitative estimate of drug-likeness (QED) is 0.851. The van der Waals surface area contributed by atoms with E-state index in [0.29, 0.717) is 13.1 Å². The van der Waals surface area contributed by atoms with Crippen LogP contribution in [0.4, 0.5) is 0 Å². The average Bonchev–Trinajstić information content (AvgIpc) is 3.26. The molecular formula is C17H20N6O2. The molecule has 1 aromatic carbocycles. The molecule has 0 saturated heterocycles. The van der Waals surface area contributed by atoms with Gasteiger partial charge in [-0.15, -0.1) is 5.10 Å². The lowest BCUT2D eigenvalue weighted by atomic mass is 10.0. The summed E-state index contributed by atoms with van der Waals surface area (Å²) in [4.78, 5) is 26.3. The number of carbonyl (C=O) groups is 2. The Labute approximate surface area is 145 Å². The van der Waals surface area contributed by atoms with E-state index in [1.165, 1.54) is 16.6 Å². The number of tetrazole rings is 1. The average molecular weight is 340 g/mol. The fourth-order valence-electron chi connectivity index (χ4n) is 2.87.